The van der Waals surface area contributed by atoms with Crippen LogP contribution < -0.4 is 0 Å². The van der Waals surface area contributed by atoms with Crippen molar-refractivity contribution in [1.82, 2.24) is 23.9 Å². The normalized spacial score (nSPS) is 12.3. The van der Waals surface area contributed by atoms with Crippen molar-refractivity contribution in [3.8, 4) is 0 Å². The van der Waals surface area contributed by atoms with Gasteiger partial charge in [0.1, 0.15) is 4.90 Å². The number of aromatic nitrogens is 4. The van der Waals surface area contributed by atoms with Gasteiger partial charge in [-0.1, -0.05) is 0 Å². The zero-order valence-corrected chi connectivity index (χ0v) is 14.1. The number of hydrogen-bond donors (Lipinski definition) is 0. The number of rotatable bonds is 4. The second kappa shape index (κ2) is 5.27. The molecule has 0 spiro atoms. The molecule has 21 heavy (non-hydrogen) atoms. The summed E-state index contributed by atoms with van der Waals surface area (Å²) < 4.78 is 30.2. The van der Waals surface area contributed by atoms with Gasteiger partial charge in [0.05, 0.1) is 17.6 Å². The summed E-state index contributed by atoms with van der Waals surface area (Å²) in [6.07, 6.45) is 1.70. The second-order valence-corrected chi connectivity index (χ2v) is 7.25. The van der Waals surface area contributed by atoms with Crippen LogP contribution in [0.2, 0.25) is 0 Å². The maximum absolute atomic E-state index is 12.8. The molecule has 0 N–H and O–H groups in total. The summed E-state index contributed by atoms with van der Waals surface area (Å²) in [5, 5.41) is 8.32. The molecule has 0 aliphatic carbocycles. The van der Waals surface area contributed by atoms with E-state index in [9.17, 15) is 8.42 Å². The molecule has 0 unspecified atom stereocenters. The molecule has 2 heterocycles. The van der Waals surface area contributed by atoms with Gasteiger partial charge in [-0.05, 0) is 20.8 Å². The minimum absolute atomic E-state index is 0.286. The maximum atomic E-state index is 12.8. The largest absolute Gasteiger partial charge is 0.273 e. The molecule has 0 amide bonds. The lowest BCUT2D eigenvalue weighted by atomic mass is 10.3. The van der Waals surface area contributed by atoms with E-state index < -0.39 is 10.0 Å². The predicted molar refractivity (Wildman–Crippen MR) is 79.3 cm³/mol. The highest BCUT2D eigenvalue weighted by Crippen LogP contribution is 2.23. The van der Waals surface area contributed by atoms with Crippen molar-refractivity contribution < 1.29 is 8.42 Å². The fourth-order valence-electron chi connectivity index (χ4n) is 2.31. The van der Waals surface area contributed by atoms with Gasteiger partial charge >= 0.3 is 0 Å². The van der Waals surface area contributed by atoms with Gasteiger partial charge in [-0.25, -0.2) is 8.42 Å². The summed E-state index contributed by atoms with van der Waals surface area (Å²) in [5.41, 5.74) is 3.01. The van der Waals surface area contributed by atoms with Crippen LogP contribution in [0.15, 0.2) is 11.1 Å². The number of sulfonamides is 1. The van der Waals surface area contributed by atoms with Crippen molar-refractivity contribution in [2.24, 2.45) is 14.1 Å². The Bertz CT molecular complexity index is 773. The monoisotopic (exact) mass is 311 g/mol. The molecule has 2 aromatic rings. The van der Waals surface area contributed by atoms with Crippen LogP contribution in [0.25, 0.3) is 0 Å². The second-order valence-electron chi connectivity index (χ2n) is 5.26. The molecular formula is C13H21N5O2S. The first-order valence-corrected chi connectivity index (χ1v) is 8.04. The Morgan fingerprint density at radius 2 is 1.76 bits per heavy atom. The third-order valence-electron chi connectivity index (χ3n) is 3.84. The van der Waals surface area contributed by atoms with E-state index in [-0.39, 0.29) is 11.4 Å². The quantitative estimate of drug-likeness (QED) is 0.841. The van der Waals surface area contributed by atoms with E-state index in [1.165, 1.54) is 4.31 Å². The average Bonchev–Trinajstić information content (AvgIpc) is 2.83. The van der Waals surface area contributed by atoms with Gasteiger partial charge in [0.15, 0.2) is 0 Å². The van der Waals surface area contributed by atoms with E-state index in [4.69, 9.17) is 0 Å². The maximum Gasteiger partial charge on any atom is 0.246 e. The lowest BCUT2D eigenvalue weighted by molar-refractivity contribution is 0.464. The molecule has 2 aromatic heterocycles. The zero-order chi connectivity index (χ0) is 15.9. The SMILES string of the molecule is Cc1nn(C)c(C)c1S(=O)(=O)N(C)Cc1cnn(C)c1C. The Labute approximate surface area is 125 Å². The Hall–Kier alpha value is -1.67. The molecular weight excluding hydrogens is 290 g/mol. The zero-order valence-electron chi connectivity index (χ0n) is 13.2. The molecule has 0 atom stereocenters. The summed E-state index contributed by atoms with van der Waals surface area (Å²) in [5.74, 6) is 0. The van der Waals surface area contributed by atoms with E-state index in [2.05, 4.69) is 10.2 Å². The van der Waals surface area contributed by atoms with Crippen LogP contribution in [0.1, 0.15) is 22.6 Å². The highest BCUT2D eigenvalue weighted by molar-refractivity contribution is 7.89. The Balaban J connectivity index is 2.37. The van der Waals surface area contributed by atoms with Crippen molar-refractivity contribution in [2.75, 3.05) is 7.05 Å². The molecule has 0 radical (unpaired) electrons. The lowest BCUT2D eigenvalue weighted by Crippen LogP contribution is -2.27. The van der Waals surface area contributed by atoms with Gasteiger partial charge in [-0.2, -0.15) is 14.5 Å². The standard InChI is InChI=1S/C13H21N5O2S/c1-9-13(11(3)18(6)15-9)21(19,20)16(4)8-12-7-14-17(5)10(12)2/h7H,8H2,1-6H3. The smallest absolute Gasteiger partial charge is 0.246 e. The first-order valence-electron chi connectivity index (χ1n) is 6.60. The van der Waals surface area contributed by atoms with Gasteiger partial charge < -0.3 is 0 Å². The molecule has 0 saturated heterocycles. The molecule has 0 fully saturated rings. The molecule has 0 aromatic carbocycles. The Morgan fingerprint density at radius 1 is 1.14 bits per heavy atom. The van der Waals surface area contributed by atoms with E-state index in [0.29, 0.717) is 11.4 Å². The highest BCUT2D eigenvalue weighted by Gasteiger charge is 2.28. The third kappa shape index (κ3) is 2.60. The van der Waals surface area contributed by atoms with Crippen LogP contribution in [0.4, 0.5) is 0 Å². The molecule has 0 bridgehead atoms. The number of aryl methyl sites for hydroxylation is 3. The Morgan fingerprint density at radius 3 is 2.19 bits per heavy atom. The molecule has 0 aliphatic heterocycles. The van der Waals surface area contributed by atoms with Gasteiger partial charge in [-0.15, -0.1) is 0 Å². The van der Waals surface area contributed by atoms with E-state index >= 15 is 0 Å². The predicted octanol–water partition coefficient (Wildman–Crippen LogP) is 0.900. The highest BCUT2D eigenvalue weighted by atomic mass is 32.2. The molecule has 0 aliphatic rings. The minimum atomic E-state index is -3.57. The van der Waals surface area contributed by atoms with Crippen molar-refractivity contribution >= 4 is 10.0 Å². The summed E-state index contributed by atoms with van der Waals surface area (Å²) in [6.45, 7) is 5.68. The van der Waals surface area contributed by atoms with Gasteiger partial charge in [-0.3, -0.25) is 9.36 Å². The molecule has 2 rings (SSSR count). The number of nitrogens with zero attached hydrogens (tertiary/aromatic N) is 5. The van der Waals surface area contributed by atoms with Gasteiger partial charge in [0, 0.05) is 38.9 Å². The van der Waals surface area contributed by atoms with Gasteiger partial charge in [0.2, 0.25) is 10.0 Å². The fourth-order valence-corrected chi connectivity index (χ4v) is 3.85. The fraction of sp³-hybridized carbons (Fsp3) is 0.538. The van der Waals surface area contributed by atoms with Crippen molar-refractivity contribution in [3.63, 3.8) is 0 Å². The topological polar surface area (TPSA) is 73.0 Å². The minimum Gasteiger partial charge on any atom is -0.273 e. The van der Waals surface area contributed by atoms with Crippen LogP contribution >= 0.6 is 0 Å². The summed E-state index contributed by atoms with van der Waals surface area (Å²) in [6, 6.07) is 0. The van der Waals surface area contributed by atoms with E-state index in [1.54, 1.807) is 43.5 Å². The van der Waals surface area contributed by atoms with Crippen LogP contribution in [-0.4, -0.2) is 39.3 Å². The van der Waals surface area contributed by atoms with Crippen molar-refractivity contribution in [3.05, 3.63) is 28.8 Å². The number of hydrogen-bond acceptors (Lipinski definition) is 4. The summed E-state index contributed by atoms with van der Waals surface area (Å²) >= 11 is 0. The van der Waals surface area contributed by atoms with Crippen molar-refractivity contribution in [2.45, 2.75) is 32.2 Å². The first-order chi connectivity index (χ1) is 9.66. The van der Waals surface area contributed by atoms with Crippen molar-refractivity contribution in [1.29, 1.82) is 0 Å². The summed E-state index contributed by atoms with van der Waals surface area (Å²) in [7, 11) is 1.58. The molecule has 7 nitrogen and oxygen atoms in total. The van der Waals surface area contributed by atoms with E-state index in [0.717, 1.165) is 11.3 Å². The van der Waals surface area contributed by atoms with E-state index in [1.807, 2.05) is 14.0 Å². The van der Waals surface area contributed by atoms with Crippen LogP contribution in [-0.2, 0) is 30.7 Å². The molecule has 0 saturated carbocycles. The average molecular weight is 311 g/mol. The first kappa shape index (κ1) is 15.7. The Kier molecular flexibility index (Phi) is 3.94. The third-order valence-corrected chi connectivity index (χ3v) is 5.90. The van der Waals surface area contributed by atoms with Gasteiger partial charge in [0.25, 0.3) is 0 Å². The lowest BCUT2D eigenvalue weighted by Gasteiger charge is -2.17. The van der Waals surface area contributed by atoms with Crippen LogP contribution in [0.5, 0.6) is 0 Å². The van der Waals surface area contributed by atoms with Crippen LogP contribution in [0, 0.1) is 20.8 Å². The molecule has 8 heteroatoms. The van der Waals surface area contributed by atoms with Crippen LogP contribution in [0.3, 0.4) is 0 Å². The summed E-state index contributed by atoms with van der Waals surface area (Å²) in [4.78, 5) is 0.286. The molecule has 116 valence electrons.